The highest BCUT2D eigenvalue weighted by atomic mass is 32.2. The minimum absolute atomic E-state index is 0.170. The molecule has 0 saturated carbocycles. The van der Waals surface area contributed by atoms with Crippen LogP contribution in [0.3, 0.4) is 0 Å². The van der Waals surface area contributed by atoms with E-state index in [1.807, 2.05) is 0 Å². The van der Waals surface area contributed by atoms with E-state index in [4.69, 9.17) is 0 Å². The van der Waals surface area contributed by atoms with Crippen molar-refractivity contribution in [3.05, 3.63) is 28.4 Å². The summed E-state index contributed by atoms with van der Waals surface area (Å²) < 4.78 is 47.6. The maximum atomic E-state index is 11.8. The Morgan fingerprint density at radius 3 is 2.84 bits per heavy atom. The van der Waals surface area contributed by atoms with Gasteiger partial charge in [0.05, 0.1) is 11.9 Å². The first kappa shape index (κ1) is 15.7. The van der Waals surface area contributed by atoms with Crippen LogP contribution in [0.1, 0.15) is 18.2 Å². The highest BCUT2D eigenvalue weighted by Crippen LogP contribution is 2.19. The van der Waals surface area contributed by atoms with E-state index in [1.54, 1.807) is 6.92 Å². The molecule has 0 aliphatic heterocycles. The van der Waals surface area contributed by atoms with Gasteiger partial charge in [0.1, 0.15) is 4.88 Å². The second-order valence-corrected chi connectivity index (χ2v) is 6.84. The van der Waals surface area contributed by atoms with E-state index in [-0.39, 0.29) is 17.3 Å². The summed E-state index contributed by atoms with van der Waals surface area (Å²) in [6.07, 6.45) is 0.871. The van der Waals surface area contributed by atoms with Crippen LogP contribution in [0.15, 0.2) is 22.7 Å². The van der Waals surface area contributed by atoms with Gasteiger partial charge in [-0.25, -0.2) is 18.1 Å². The van der Waals surface area contributed by atoms with Crippen LogP contribution < -0.4 is 0 Å². The monoisotopic (exact) mass is 310 g/mol. The minimum Gasteiger partial charge on any atom is -0.624 e. The van der Waals surface area contributed by atoms with Gasteiger partial charge in [-0.2, -0.15) is 8.78 Å². The summed E-state index contributed by atoms with van der Waals surface area (Å²) in [5.41, 5.74) is 0. The molecular weight excluding hydrogens is 298 g/mol. The molecule has 0 amide bonds. The maximum absolute atomic E-state index is 11.8. The Morgan fingerprint density at radius 1 is 1.58 bits per heavy atom. The Morgan fingerprint density at radius 2 is 2.26 bits per heavy atom. The van der Waals surface area contributed by atoms with E-state index in [2.05, 4.69) is 4.98 Å². The van der Waals surface area contributed by atoms with Crippen LogP contribution in [0.2, 0.25) is 0 Å². The zero-order chi connectivity index (χ0) is 14.5. The van der Waals surface area contributed by atoms with Gasteiger partial charge in [0.15, 0.2) is 12.8 Å². The fraction of sp³-hybridized carbons (Fsp3) is 0.400. The highest BCUT2D eigenvalue weighted by Gasteiger charge is 2.18. The van der Waals surface area contributed by atoms with Gasteiger partial charge in [-0.05, 0) is 19.4 Å². The molecule has 5 nitrogen and oxygen atoms in total. The Labute approximate surface area is 113 Å². The Hall–Kier alpha value is -1.35. The van der Waals surface area contributed by atoms with Crippen molar-refractivity contribution in [2.24, 2.45) is 0 Å². The van der Waals surface area contributed by atoms with Crippen molar-refractivity contribution in [1.29, 1.82) is 0 Å². The summed E-state index contributed by atoms with van der Waals surface area (Å²) in [7, 11) is -3.69. The van der Waals surface area contributed by atoms with Crippen LogP contribution in [0, 0.1) is 5.21 Å². The molecule has 0 aliphatic rings. The topological polar surface area (TPSA) is 73.1 Å². The number of nitrogens with zero attached hydrogens (tertiary/aromatic N) is 2. The second kappa shape index (κ2) is 6.71. The summed E-state index contributed by atoms with van der Waals surface area (Å²) in [5, 5.41) is 11.1. The van der Waals surface area contributed by atoms with Crippen molar-refractivity contribution in [3.63, 3.8) is 0 Å². The van der Waals surface area contributed by atoms with Crippen molar-refractivity contribution in [3.8, 4) is 0 Å². The Balaban J connectivity index is 2.83. The molecule has 1 rings (SSSR count). The summed E-state index contributed by atoms with van der Waals surface area (Å²) in [5.74, 6) is -0.438. The average Bonchev–Trinajstić information content (AvgIpc) is 2.77. The number of halogens is 2. The van der Waals surface area contributed by atoms with Crippen molar-refractivity contribution >= 4 is 27.4 Å². The van der Waals surface area contributed by atoms with Gasteiger partial charge in [-0.15, -0.1) is 0 Å². The quantitative estimate of drug-likeness (QED) is 0.349. The summed E-state index contributed by atoms with van der Waals surface area (Å²) in [6, 6.07) is 0. The number of thiazole rings is 1. The van der Waals surface area contributed by atoms with Gasteiger partial charge in [-0.1, -0.05) is 11.3 Å². The van der Waals surface area contributed by atoms with Crippen LogP contribution in [0.5, 0.6) is 0 Å². The van der Waals surface area contributed by atoms with E-state index >= 15 is 0 Å². The molecule has 0 aliphatic carbocycles. The highest BCUT2D eigenvalue weighted by molar-refractivity contribution is 7.93. The molecule has 106 valence electrons. The summed E-state index contributed by atoms with van der Waals surface area (Å²) >= 11 is 0.838. The van der Waals surface area contributed by atoms with Crippen molar-refractivity contribution < 1.29 is 21.9 Å². The minimum atomic E-state index is -3.69. The van der Waals surface area contributed by atoms with E-state index in [0.29, 0.717) is 15.7 Å². The summed E-state index contributed by atoms with van der Waals surface area (Å²) in [4.78, 5) is 4.10. The number of rotatable bonds is 6. The first-order valence-electron chi connectivity index (χ1n) is 5.33. The lowest BCUT2D eigenvalue weighted by atomic mass is 10.5. The molecule has 0 radical (unpaired) electrons. The number of aromatic nitrogens is 1. The third-order valence-electron chi connectivity index (χ3n) is 2.04. The standard InChI is InChI=1S/C10H12F2N2O3S2/c1-2-14(15)7-8-6-13-10(18-8)19(16,17)5-3-4-9(11)12/h4,6-7H,2-3,5H2,1H3/b14-7-. The molecule has 19 heavy (non-hydrogen) atoms. The SMILES string of the molecule is CC/[N+]([O-])=C/c1cnc(S(=O)(=O)CCC=C(F)F)s1. The fourth-order valence-corrected chi connectivity index (χ4v) is 3.56. The van der Waals surface area contributed by atoms with Gasteiger partial charge < -0.3 is 5.21 Å². The molecule has 0 saturated heterocycles. The first-order chi connectivity index (χ1) is 8.85. The molecule has 0 bridgehead atoms. The molecule has 0 spiro atoms. The van der Waals surface area contributed by atoms with Crippen molar-refractivity contribution in [1.82, 2.24) is 4.98 Å². The largest absolute Gasteiger partial charge is 0.624 e. The number of allylic oxidation sites excluding steroid dienone is 1. The molecule has 0 unspecified atom stereocenters. The predicted molar refractivity (Wildman–Crippen MR) is 68.4 cm³/mol. The zero-order valence-electron chi connectivity index (χ0n) is 10.0. The van der Waals surface area contributed by atoms with E-state index in [1.165, 1.54) is 12.4 Å². The number of hydrogen-bond acceptors (Lipinski definition) is 5. The van der Waals surface area contributed by atoms with Crippen molar-refractivity contribution in [2.45, 2.75) is 17.7 Å². The molecule has 0 atom stereocenters. The van der Waals surface area contributed by atoms with E-state index < -0.39 is 21.7 Å². The van der Waals surface area contributed by atoms with Gasteiger partial charge in [0.25, 0.3) is 6.08 Å². The van der Waals surface area contributed by atoms with Gasteiger partial charge in [0, 0.05) is 0 Å². The first-order valence-corrected chi connectivity index (χ1v) is 7.80. The normalized spacial score (nSPS) is 12.5. The van der Waals surface area contributed by atoms with E-state index in [9.17, 15) is 22.4 Å². The lowest BCUT2D eigenvalue weighted by molar-refractivity contribution is -0.447. The summed E-state index contributed by atoms with van der Waals surface area (Å²) in [6.45, 7) is 1.89. The predicted octanol–water partition coefficient (Wildman–Crippen LogP) is 2.04. The Kier molecular flexibility index (Phi) is 5.55. The lowest BCUT2D eigenvalue weighted by Crippen LogP contribution is -2.05. The van der Waals surface area contributed by atoms with Crippen LogP contribution in [-0.2, 0) is 9.84 Å². The lowest BCUT2D eigenvalue weighted by Gasteiger charge is -1.97. The van der Waals surface area contributed by atoms with Crippen LogP contribution in [0.25, 0.3) is 0 Å². The van der Waals surface area contributed by atoms with Gasteiger partial charge >= 0.3 is 0 Å². The van der Waals surface area contributed by atoms with Crippen LogP contribution in [-0.4, -0.2) is 36.7 Å². The molecule has 0 aromatic carbocycles. The molecule has 0 fully saturated rings. The zero-order valence-corrected chi connectivity index (χ0v) is 11.7. The third kappa shape index (κ3) is 5.03. The molecule has 1 heterocycles. The molecule has 1 aromatic rings. The Bertz CT molecular complexity index is 590. The number of hydroxylamine groups is 1. The molecular formula is C10H12F2N2O3S2. The van der Waals surface area contributed by atoms with Crippen LogP contribution >= 0.6 is 11.3 Å². The smallest absolute Gasteiger partial charge is 0.266 e. The number of sulfone groups is 1. The van der Waals surface area contributed by atoms with E-state index in [0.717, 1.165) is 11.3 Å². The van der Waals surface area contributed by atoms with Gasteiger partial charge in [0.2, 0.25) is 14.2 Å². The average molecular weight is 310 g/mol. The second-order valence-electron chi connectivity index (χ2n) is 3.49. The molecule has 1 aromatic heterocycles. The molecule has 0 N–H and O–H groups in total. The number of hydrogen-bond donors (Lipinski definition) is 0. The molecule has 9 heteroatoms. The van der Waals surface area contributed by atoms with Crippen molar-refractivity contribution in [2.75, 3.05) is 12.3 Å². The van der Waals surface area contributed by atoms with Gasteiger partial charge in [-0.3, -0.25) is 0 Å². The maximum Gasteiger partial charge on any atom is 0.266 e. The van der Waals surface area contributed by atoms with Crippen LogP contribution in [0.4, 0.5) is 8.78 Å². The fourth-order valence-electron chi connectivity index (χ4n) is 1.12. The third-order valence-corrected chi connectivity index (χ3v) is 5.19.